The quantitative estimate of drug-likeness (QED) is 0.670. The van der Waals surface area contributed by atoms with Gasteiger partial charge in [-0.1, -0.05) is 41.9 Å². The Kier molecular flexibility index (Phi) is 7.62. The van der Waals surface area contributed by atoms with Crippen LogP contribution in [0.3, 0.4) is 0 Å². The van der Waals surface area contributed by atoms with Crippen LogP contribution in [0.1, 0.15) is 37.9 Å². The molecule has 0 radical (unpaired) electrons. The Morgan fingerprint density at radius 2 is 1.96 bits per heavy atom. The fraction of sp³-hybridized carbons (Fsp3) is 0.545. The third-order valence-electron chi connectivity index (χ3n) is 5.48. The van der Waals surface area contributed by atoms with Crippen molar-refractivity contribution in [3.8, 4) is 11.3 Å². The lowest BCUT2D eigenvalue weighted by molar-refractivity contribution is -0.133. The molecule has 6 nitrogen and oxygen atoms in total. The number of carbonyl (C=O) groups is 1. The summed E-state index contributed by atoms with van der Waals surface area (Å²) in [5.41, 5.74) is 8.13. The average Bonchev–Trinajstić information content (AvgIpc) is 3.22. The zero-order valence-corrected chi connectivity index (χ0v) is 16.7. The van der Waals surface area contributed by atoms with E-state index in [2.05, 4.69) is 5.16 Å². The third-order valence-corrected chi connectivity index (χ3v) is 5.48. The van der Waals surface area contributed by atoms with Gasteiger partial charge in [0.05, 0.1) is 6.04 Å². The van der Waals surface area contributed by atoms with Crippen molar-refractivity contribution < 1.29 is 14.1 Å². The number of ether oxygens (including phenoxy) is 1. The molecule has 6 heteroatoms. The third kappa shape index (κ3) is 5.66. The predicted molar refractivity (Wildman–Crippen MR) is 109 cm³/mol. The van der Waals surface area contributed by atoms with Crippen molar-refractivity contribution in [2.24, 2.45) is 11.7 Å². The van der Waals surface area contributed by atoms with E-state index >= 15 is 0 Å². The number of hydrogen-bond acceptors (Lipinski definition) is 5. The van der Waals surface area contributed by atoms with Gasteiger partial charge in [0, 0.05) is 44.9 Å². The topological polar surface area (TPSA) is 81.6 Å². The van der Waals surface area contributed by atoms with Crippen LogP contribution in [0.4, 0.5) is 0 Å². The summed E-state index contributed by atoms with van der Waals surface area (Å²) in [5, 5.41) is 4.15. The minimum absolute atomic E-state index is 0.0506. The lowest BCUT2D eigenvalue weighted by atomic mass is 9.91. The van der Waals surface area contributed by atoms with Gasteiger partial charge in [-0.3, -0.25) is 4.79 Å². The van der Waals surface area contributed by atoms with Crippen molar-refractivity contribution in [2.75, 3.05) is 26.8 Å². The Hall–Kier alpha value is -2.18. The molecule has 1 amide bonds. The number of carbonyl (C=O) groups excluding carboxylic acids is 1. The van der Waals surface area contributed by atoms with E-state index in [1.54, 1.807) is 4.90 Å². The highest BCUT2D eigenvalue weighted by Gasteiger charge is 2.28. The van der Waals surface area contributed by atoms with E-state index in [4.69, 9.17) is 15.0 Å². The molecule has 1 atom stereocenters. The first kappa shape index (κ1) is 20.6. The van der Waals surface area contributed by atoms with E-state index in [-0.39, 0.29) is 11.8 Å². The minimum atomic E-state index is -0.403. The fourth-order valence-electron chi connectivity index (χ4n) is 3.64. The van der Waals surface area contributed by atoms with E-state index in [1.165, 1.54) is 0 Å². The second-order valence-electron chi connectivity index (χ2n) is 7.59. The predicted octanol–water partition coefficient (Wildman–Crippen LogP) is 3.27. The summed E-state index contributed by atoms with van der Waals surface area (Å²) in [4.78, 5) is 14.3. The Morgan fingerprint density at radius 1 is 1.21 bits per heavy atom. The van der Waals surface area contributed by atoms with E-state index in [9.17, 15) is 4.79 Å². The molecule has 152 valence electrons. The number of rotatable bonds is 9. The molecule has 1 aliphatic rings. The Balaban J connectivity index is 1.34. The van der Waals surface area contributed by atoms with Crippen LogP contribution >= 0.6 is 0 Å². The van der Waals surface area contributed by atoms with Gasteiger partial charge in [-0.2, -0.15) is 0 Å². The normalized spacial score (nSPS) is 16.1. The van der Waals surface area contributed by atoms with Gasteiger partial charge in [-0.25, -0.2) is 0 Å². The highest BCUT2D eigenvalue weighted by Crippen LogP contribution is 2.20. The molecule has 0 spiro atoms. The number of nitrogens with zero attached hydrogens (tertiary/aromatic N) is 2. The lowest BCUT2D eigenvalue weighted by Crippen LogP contribution is -2.47. The van der Waals surface area contributed by atoms with Crippen molar-refractivity contribution in [2.45, 2.75) is 44.6 Å². The second-order valence-corrected chi connectivity index (χ2v) is 7.59. The molecular weight excluding hydrogens is 354 g/mol. The number of aryl methyl sites for hydroxylation is 1. The zero-order valence-electron chi connectivity index (χ0n) is 16.7. The van der Waals surface area contributed by atoms with Gasteiger partial charge in [0.15, 0.2) is 0 Å². The molecule has 1 unspecified atom stereocenters. The Labute approximate surface area is 167 Å². The van der Waals surface area contributed by atoms with Gasteiger partial charge in [-0.05, 0) is 31.6 Å². The molecule has 1 aromatic heterocycles. The molecule has 1 aromatic carbocycles. The average molecular weight is 386 g/mol. The molecule has 1 aliphatic heterocycles. The van der Waals surface area contributed by atoms with Crippen molar-refractivity contribution in [3.05, 3.63) is 42.2 Å². The first-order valence-electron chi connectivity index (χ1n) is 10.2. The van der Waals surface area contributed by atoms with Gasteiger partial charge in [0.25, 0.3) is 0 Å². The smallest absolute Gasteiger partial charge is 0.239 e. The Morgan fingerprint density at radius 3 is 2.71 bits per heavy atom. The first-order valence-corrected chi connectivity index (χ1v) is 10.2. The molecule has 0 aliphatic carbocycles. The Bertz CT molecular complexity index is 726. The summed E-state index contributed by atoms with van der Waals surface area (Å²) in [6, 6.07) is 11.6. The highest BCUT2D eigenvalue weighted by atomic mass is 16.5. The van der Waals surface area contributed by atoms with Crippen LogP contribution in [-0.4, -0.2) is 48.8 Å². The number of benzene rings is 1. The summed E-state index contributed by atoms with van der Waals surface area (Å²) in [6.45, 7) is 2.16. The number of unbranched alkanes of at least 4 members (excludes halogenated alkanes) is 2. The highest BCUT2D eigenvalue weighted by molar-refractivity contribution is 5.81. The second kappa shape index (κ2) is 10.4. The van der Waals surface area contributed by atoms with Gasteiger partial charge < -0.3 is 19.9 Å². The molecule has 0 bridgehead atoms. The maximum Gasteiger partial charge on any atom is 0.239 e. The summed E-state index contributed by atoms with van der Waals surface area (Å²) in [6.07, 6.45) is 5.62. The van der Waals surface area contributed by atoms with Gasteiger partial charge >= 0.3 is 0 Å². The van der Waals surface area contributed by atoms with Crippen LogP contribution in [0.25, 0.3) is 11.3 Å². The van der Waals surface area contributed by atoms with Crippen molar-refractivity contribution in [1.82, 2.24) is 10.1 Å². The van der Waals surface area contributed by atoms with Crippen LogP contribution in [0.2, 0.25) is 0 Å². The van der Waals surface area contributed by atoms with Gasteiger partial charge in [0.2, 0.25) is 5.91 Å². The van der Waals surface area contributed by atoms with Crippen molar-refractivity contribution in [1.29, 1.82) is 0 Å². The van der Waals surface area contributed by atoms with E-state index in [0.717, 1.165) is 62.1 Å². The van der Waals surface area contributed by atoms with Crippen LogP contribution in [0.5, 0.6) is 0 Å². The number of aromatic nitrogens is 1. The van der Waals surface area contributed by atoms with Crippen molar-refractivity contribution in [3.63, 3.8) is 0 Å². The molecule has 2 N–H and O–H groups in total. The molecule has 0 saturated carbocycles. The zero-order chi connectivity index (χ0) is 19.8. The summed E-state index contributed by atoms with van der Waals surface area (Å²) >= 11 is 0. The fourth-order valence-corrected chi connectivity index (χ4v) is 3.64. The monoisotopic (exact) mass is 385 g/mol. The number of amides is 1. The van der Waals surface area contributed by atoms with Crippen LogP contribution in [-0.2, 0) is 16.0 Å². The largest absolute Gasteiger partial charge is 0.381 e. The minimum Gasteiger partial charge on any atom is -0.381 e. The lowest BCUT2D eigenvalue weighted by Gasteiger charge is -2.29. The molecule has 28 heavy (non-hydrogen) atoms. The molecular formula is C22H31N3O3. The molecule has 2 aromatic rings. The van der Waals surface area contributed by atoms with Crippen molar-refractivity contribution >= 4 is 5.91 Å². The van der Waals surface area contributed by atoms with Crippen LogP contribution < -0.4 is 5.73 Å². The SMILES string of the molecule is CN(CCCCCc1cc(-c2ccccc2)no1)C(=O)C(N)C1CCOCC1. The summed E-state index contributed by atoms with van der Waals surface area (Å²) < 4.78 is 10.8. The number of likely N-dealkylation sites (N-methyl/N-ethyl adjacent to an activating group) is 1. The van der Waals surface area contributed by atoms with Crippen LogP contribution in [0.15, 0.2) is 40.9 Å². The van der Waals surface area contributed by atoms with Crippen LogP contribution in [0, 0.1) is 5.92 Å². The molecule has 1 saturated heterocycles. The first-order chi connectivity index (χ1) is 13.6. The van der Waals surface area contributed by atoms with E-state index < -0.39 is 6.04 Å². The van der Waals surface area contributed by atoms with Gasteiger partial charge in [0.1, 0.15) is 11.5 Å². The molecule has 3 rings (SSSR count). The molecule has 1 fully saturated rings. The number of hydrogen-bond donors (Lipinski definition) is 1. The summed E-state index contributed by atoms with van der Waals surface area (Å²) in [7, 11) is 1.85. The molecule has 2 heterocycles. The maximum absolute atomic E-state index is 12.5. The van der Waals surface area contributed by atoms with E-state index in [0.29, 0.717) is 13.2 Å². The van der Waals surface area contributed by atoms with Gasteiger partial charge in [-0.15, -0.1) is 0 Å². The number of nitrogens with two attached hydrogens (primary N) is 1. The van der Waals surface area contributed by atoms with E-state index in [1.807, 2.05) is 43.4 Å². The standard InChI is InChI=1S/C22H31N3O3/c1-25(22(26)21(23)18-11-14-27-15-12-18)13-7-3-6-10-19-16-20(24-28-19)17-8-4-2-5-9-17/h2,4-5,8-9,16,18,21H,3,6-7,10-15,23H2,1H3. The maximum atomic E-state index is 12.5. The summed E-state index contributed by atoms with van der Waals surface area (Å²) in [5.74, 6) is 1.20.